The number of hydrogen-bond donors (Lipinski definition) is 2. The summed E-state index contributed by atoms with van der Waals surface area (Å²) >= 11 is 3.53. The van der Waals surface area contributed by atoms with Crippen molar-refractivity contribution in [3.63, 3.8) is 0 Å². The third-order valence-corrected chi connectivity index (χ3v) is 3.40. The molecule has 0 heterocycles. The number of rotatable bonds is 8. The predicted octanol–water partition coefficient (Wildman–Crippen LogP) is 2.77. The van der Waals surface area contributed by atoms with Gasteiger partial charge in [0.1, 0.15) is 0 Å². The van der Waals surface area contributed by atoms with E-state index in [2.05, 4.69) is 51.3 Å². The highest BCUT2D eigenvalue weighted by molar-refractivity contribution is 9.10. The van der Waals surface area contributed by atoms with E-state index in [-0.39, 0.29) is 6.61 Å². The lowest BCUT2D eigenvalue weighted by Gasteiger charge is -2.26. The third-order valence-electron chi connectivity index (χ3n) is 2.91. The number of aliphatic hydroxyl groups is 1. The van der Waals surface area contributed by atoms with Gasteiger partial charge in [0.05, 0.1) is 6.61 Å². The van der Waals surface area contributed by atoms with Crippen molar-refractivity contribution in [2.24, 2.45) is 0 Å². The normalized spacial score (nSPS) is 10.7. The molecule has 1 aromatic rings. The van der Waals surface area contributed by atoms with E-state index in [0.717, 1.165) is 30.4 Å². The summed E-state index contributed by atoms with van der Waals surface area (Å²) in [7, 11) is 1.95. The lowest BCUT2D eigenvalue weighted by Crippen LogP contribution is -2.29. The van der Waals surface area contributed by atoms with Crippen LogP contribution in [0.1, 0.15) is 25.3 Å². The van der Waals surface area contributed by atoms with Crippen LogP contribution in [0.4, 0.5) is 5.69 Å². The molecule has 0 aliphatic carbocycles. The molecule has 0 saturated carbocycles. The van der Waals surface area contributed by atoms with E-state index in [0.29, 0.717) is 6.54 Å². The van der Waals surface area contributed by atoms with E-state index in [9.17, 15) is 5.11 Å². The molecule has 0 aliphatic heterocycles. The largest absolute Gasteiger partial charge is 0.395 e. The Bertz CT molecular complexity index is 358. The number of benzene rings is 1. The van der Waals surface area contributed by atoms with Gasteiger partial charge in [0.25, 0.3) is 0 Å². The number of nitrogens with one attached hydrogen (secondary N) is 1. The first-order valence-corrected chi connectivity index (χ1v) is 7.31. The van der Waals surface area contributed by atoms with Gasteiger partial charge in [0.15, 0.2) is 0 Å². The second kappa shape index (κ2) is 8.51. The van der Waals surface area contributed by atoms with E-state index < -0.39 is 0 Å². The van der Waals surface area contributed by atoms with Crippen LogP contribution in [-0.2, 0) is 6.54 Å². The lowest BCUT2D eigenvalue weighted by atomic mass is 10.1. The van der Waals surface area contributed by atoms with Crippen molar-refractivity contribution < 1.29 is 5.11 Å². The SMILES string of the molecule is CCCCN(CCO)c1cc(Br)ccc1CNC. The lowest BCUT2D eigenvalue weighted by molar-refractivity contribution is 0.301. The summed E-state index contributed by atoms with van der Waals surface area (Å²) in [5.41, 5.74) is 2.48. The second-order valence-electron chi connectivity index (χ2n) is 4.37. The van der Waals surface area contributed by atoms with Crippen molar-refractivity contribution in [3.8, 4) is 0 Å². The fourth-order valence-electron chi connectivity index (χ4n) is 1.99. The van der Waals surface area contributed by atoms with Gasteiger partial charge in [0.2, 0.25) is 0 Å². The van der Waals surface area contributed by atoms with E-state index in [1.165, 1.54) is 11.3 Å². The third kappa shape index (κ3) is 4.59. The zero-order valence-electron chi connectivity index (χ0n) is 11.2. The van der Waals surface area contributed by atoms with Crippen molar-refractivity contribution in [2.45, 2.75) is 26.3 Å². The quantitative estimate of drug-likeness (QED) is 0.774. The van der Waals surface area contributed by atoms with Gasteiger partial charge >= 0.3 is 0 Å². The Morgan fingerprint density at radius 3 is 2.72 bits per heavy atom. The summed E-state index contributed by atoms with van der Waals surface area (Å²) in [6, 6.07) is 6.33. The van der Waals surface area contributed by atoms with Crippen molar-refractivity contribution in [1.29, 1.82) is 0 Å². The van der Waals surface area contributed by atoms with Gasteiger partial charge < -0.3 is 15.3 Å². The van der Waals surface area contributed by atoms with Crippen LogP contribution >= 0.6 is 15.9 Å². The van der Waals surface area contributed by atoms with Crippen LogP contribution in [0.3, 0.4) is 0 Å². The number of aliphatic hydroxyl groups excluding tert-OH is 1. The Kier molecular flexibility index (Phi) is 7.32. The number of halogens is 1. The molecule has 4 heteroatoms. The van der Waals surface area contributed by atoms with Gasteiger partial charge in [-0.3, -0.25) is 0 Å². The van der Waals surface area contributed by atoms with E-state index in [1.807, 2.05) is 7.05 Å². The van der Waals surface area contributed by atoms with Gasteiger partial charge in [-0.1, -0.05) is 35.3 Å². The Labute approximate surface area is 118 Å². The molecule has 0 radical (unpaired) electrons. The highest BCUT2D eigenvalue weighted by Gasteiger charge is 2.10. The van der Waals surface area contributed by atoms with E-state index in [1.54, 1.807) is 0 Å². The molecule has 0 amide bonds. The molecule has 0 atom stereocenters. The van der Waals surface area contributed by atoms with Gasteiger partial charge in [-0.05, 0) is 31.2 Å². The molecule has 18 heavy (non-hydrogen) atoms. The van der Waals surface area contributed by atoms with Crippen LogP contribution < -0.4 is 10.2 Å². The fraction of sp³-hybridized carbons (Fsp3) is 0.571. The van der Waals surface area contributed by atoms with Crippen LogP contribution in [0.15, 0.2) is 22.7 Å². The smallest absolute Gasteiger partial charge is 0.0606 e. The summed E-state index contributed by atoms with van der Waals surface area (Å²) in [5, 5.41) is 12.4. The van der Waals surface area contributed by atoms with Gasteiger partial charge in [-0.2, -0.15) is 0 Å². The summed E-state index contributed by atoms with van der Waals surface area (Å²) in [5.74, 6) is 0. The molecule has 1 rings (SSSR count). The summed E-state index contributed by atoms with van der Waals surface area (Å²) < 4.78 is 1.08. The number of hydrogen-bond acceptors (Lipinski definition) is 3. The van der Waals surface area contributed by atoms with Gasteiger partial charge in [-0.25, -0.2) is 0 Å². The molecule has 102 valence electrons. The maximum Gasteiger partial charge on any atom is 0.0606 e. The minimum absolute atomic E-state index is 0.190. The van der Waals surface area contributed by atoms with Crippen molar-refractivity contribution in [1.82, 2.24) is 5.32 Å². The van der Waals surface area contributed by atoms with Crippen LogP contribution in [-0.4, -0.2) is 31.9 Å². The molecular formula is C14H23BrN2O. The Morgan fingerprint density at radius 2 is 2.11 bits per heavy atom. The summed E-state index contributed by atoms with van der Waals surface area (Å²) in [6.07, 6.45) is 2.31. The average molecular weight is 315 g/mol. The molecule has 0 aromatic heterocycles. The standard InChI is InChI=1S/C14H23BrN2O/c1-3-4-7-17(8-9-18)14-10-13(15)6-5-12(14)11-16-2/h5-6,10,16,18H,3-4,7-9,11H2,1-2H3. The molecule has 0 aliphatic rings. The predicted molar refractivity (Wildman–Crippen MR) is 81.1 cm³/mol. The first kappa shape index (κ1) is 15.5. The molecular weight excluding hydrogens is 292 g/mol. The summed E-state index contributed by atoms with van der Waals surface area (Å²) in [6.45, 7) is 4.90. The van der Waals surface area contributed by atoms with Gasteiger partial charge in [-0.15, -0.1) is 0 Å². The number of anilines is 1. The Hall–Kier alpha value is -0.580. The van der Waals surface area contributed by atoms with Crippen LogP contribution in [0, 0.1) is 0 Å². The molecule has 0 saturated heterocycles. The van der Waals surface area contributed by atoms with Crippen molar-refractivity contribution >= 4 is 21.6 Å². The van der Waals surface area contributed by atoms with Gasteiger partial charge in [0, 0.05) is 29.8 Å². The monoisotopic (exact) mass is 314 g/mol. The maximum atomic E-state index is 9.22. The minimum atomic E-state index is 0.190. The zero-order chi connectivity index (χ0) is 13.4. The molecule has 1 aromatic carbocycles. The molecule has 0 spiro atoms. The number of unbranched alkanes of at least 4 members (excludes halogenated alkanes) is 1. The van der Waals surface area contributed by atoms with E-state index >= 15 is 0 Å². The van der Waals surface area contributed by atoms with Crippen LogP contribution in [0.25, 0.3) is 0 Å². The molecule has 0 fully saturated rings. The second-order valence-corrected chi connectivity index (χ2v) is 5.28. The highest BCUT2D eigenvalue weighted by Crippen LogP contribution is 2.25. The first-order chi connectivity index (χ1) is 8.72. The molecule has 2 N–H and O–H groups in total. The molecule has 0 unspecified atom stereocenters. The van der Waals surface area contributed by atoms with Crippen molar-refractivity contribution in [3.05, 3.63) is 28.2 Å². The first-order valence-electron chi connectivity index (χ1n) is 6.51. The summed E-state index contributed by atoms with van der Waals surface area (Å²) in [4.78, 5) is 2.26. The Morgan fingerprint density at radius 1 is 1.33 bits per heavy atom. The Balaban J connectivity index is 2.95. The molecule has 0 bridgehead atoms. The fourth-order valence-corrected chi connectivity index (χ4v) is 2.34. The van der Waals surface area contributed by atoms with Crippen LogP contribution in [0.5, 0.6) is 0 Å². The molecule has 3 nitrogen and oxygen atoms in total. The highest BCUT2D eigenvalue weighted by atomic mass is 79.9. The van der Waals surface area contributed by atoms with Crippen LogP contribution in [0.2, 0.25) is 0 Å². The number of nitrogens with zero attached hydrogens (tertiary/aromatic N) is 1. The zero-order valence-corrected chi connectivity index (χ0v) is 12.8. The van der Waals surface area contributed by atoms with Crippen molar-refractivity contribution in [2.75, 3.05) is 31.6 Å². The maximum absolute atomic E-state index is 9.22. The average Bonchev–Trinajstić information content (AvgIpc) is 2.37. The topological polar surface area (TPSA) is 35.5 Å². The van der Waals surface area contributed by atoms with E-state index in [4.69, 9.17) is 0 Å². The minimum Gasteiger partial charge on any atom is -0.395 e.